The zero-order chi connectivity index (χ0) is 18.7. The molecule has 1 aromatic rings. The molecule has 1 saturated heterocycles. The van der Waals surface area contributed by atoms with E-state index >= 15 is 0 Å². The average molecular weight is 401 g/mol. The third-order valence-electron chi connectivity index (χ3n) is 5.13. The number of amides is 1. The van der Waals surface area contributed by atoms with Crippen LogP contribution in [-0.2, 0) is 10.0 Å². The molecular weight excluding hydrogens is 376 g/mol. The van der Waals surface area contributed by atoms with Gasteiger partial charge in [0.25, 0.3) is 5.91 Å². The second-order valence-electron chi connectivity index (χ2n) is 7.13. The standard InChI is InChI=1S/C18H25ClN2O4S/c1-26(23,24)21-9-7-15(8-10-21)25-17-6-5-14(11-16(17)19)18(22)20-12-13-3-2-4-13/h5-6,11,13,15H,2-4,7-10,12H2,1H3,(H,20,22). The minimum Gasteiger partial charge on any atom is -0.489 e. The van der Waals surface area contributed by atoms with E-state index in [4.69, 9.17) is 16.3 Å². The average Bonchev–Trinajstić information content (AvgIpc) is 2.55. The second kappa shape index (κ2) is 8.15. The Morgan fingerprint density at radius 1 is 1.27 bits per heavy atom. The molecule has 2 fully saturated rings. The van der Waals surface area contributed by atoms with E-state index in [1.165, 1.54) is 29.8 Å². The quantitative estimate of drug-likeness (QED) is 0.796. The minimum atomic E-state index is -3.15. The topological polar surface area (TPSA) is 75.7 Å². The molecular formula is C18H25ClN2O4S. The Hall–Kier alpha value is -1.31. The second-order valence-corrected chi connectivity index (χ2v) is 9.52. The number of hydrogen-bond donors (Lipinski definition) is 1. The van der Waals surface area contributed by atoms with Gasteiger partial charge in [0, 0.05) is 25.2 Å². The van der Waals surface area contributed by atoms with Gasteiger partial charge in [-0.25, -0.2) is 12.7 Å². The van der Waals surface area contributed by atoms with Crippen LogP contribution in [0.1, 0.15) is 42.5 Å². The van der Waals surface area contributed by atoms with Crippen LogP contribution in [-0.4, -0.2) is 50.6 Å². The molecule has 1 heterocycles. The van der Waals surface area contributed by atoms with E-state index in [1.54, 1.807) is 18.2 Å². The van der Waals surface area contributed by atoms with E-state index in [9.17, 15) is 13.2 Å². The Kier molecular flexibility index (Phi) is 6.10. The molecule has 0 bridgehead atoms. The molecule has 3 rings (SSSR count). The van der Waals surface area contributed by atoms with Gasteiger partial charge in [-0.2, -0.15) is 0 Å². The van der Waals surface area contributed by atoms with Gasteiger partial charge in [0.2, 0.25) is 10.0 Å². The summed E-state index contributed by atoms with van der Waals surface area (Å²) in [5.74, 6) is 1.02. The van der Waals surface area contributed by atoms with Crippen molar-refractivity contribution < 1.29 is 17.9 Å². The van der Waals surface area contributed by atoms with Crippen LogP contribution in [0.15, 0.2) is 18.2 Å². The van der Waals surface area contributed by atoms with Crippen LogP contribution < -0.4 is 10.1 Å². The van der Waals surface area contributed by atoms with Crippen molar-refractivity contribution in [2.24, 2.45) is 5.92 Å². The van der Waals surface area contributed by atoms with Crippen molar-refractivity contribution in [1.82, 2.24) is 9.62 Å². The molecule has 26 heavy (non-hydrogen) atoms. The highest BCUT2D eigenvalue weighted by molar-refractivity contribution is 7.88. The fourth-order valence-electron chi connectivity index (χ4n) is 3.23. The summed E-state index contributed by atoms with van der Waals surface area (Å²) in [4.78, 5) is 12.2. The number of benzene rings is 1. The molecule has 1 N–H and O–H groups in total. The van der Waals surface area contributed by atoms with Crippen molar-refractivity contribution in [3.63, 3.8) is 0 Å². The Bertz CT molecular complexity index is 756. The molecule has 8 heteroatoms. The molecule has 6 nitrogen and oxygen atoms in total. The van der Waals surface area contributed by atoms with Gasteiger partial charge >= 0.3 is 0 Å². The molecule has 1 aliphatic heterocycles. The van der Waals surface area contributed by atoms with Gasteiger partial charge < -0.3 is 10.1 Å². The van der Waals surface area contributed by atoms with Crippen LogP contribution >= 0.6 is 11.6 Å². The van der Waals surface area contributed by atoms with Crippen LogP contribution in [0, 0.1) is 5.92 Å². The summed E-state index contributed by atoms with van der Waals surface area (Å²) in [7, 11) is -3.15. The third kappa shape index (κ3) is 4.90. The van der Waals surface area contributed by atoms with Crippen molar-refractivity contribution in [1.29, 1.82) is 0 Å². The molecule has 2 aliphatic rings. The number of nitrogens with zero attached hydrogens (tertiary/aromatic N) is 1. The molecule has 0 unspecified atom stereocenters. The fraction of sp³-hybridized carbons (Fsp3) is 0.611. The maximum absolute atomic E-state index is 12.2. The maximum atomic E-state index is 12.2. The molecule has 1 amide bonds. The van der Waals surface area contributed by atoms with Gasteiger partial charge in [-0.3, -0.25) is 4.79 Å². The van der Waals surface area contributed by atoms with Crippen molar-refractivity contribution >= 4 is 27.5 Å². The summed E-state index contributed by atoms with van der Waals surface area (Å²) < 4.78 is 30.5. The molecule has 1 aliphatic carbocycles. The summed E-state index contributed by atoms with van der Waals surface area (Å²) >= 11 is 6.28. The summed E-state index contributed by atoms with van der Waals surface area (Å²) in [5.41, 5.74) is 0.522. The lowest BCUT2D eigenvalue weighted by atomic mass is 9.85. The molecule has 0 atom stereocenters. The number of ether oxygens (including phenoxy) is 1. The predicted molar refractivity (Wildman–Crippen MR) is 101 cm³/mol. The van der Waals surface area contributed by atoms with Gasteiger partial charge in [-0.1, -0.05) is 18.0 Å². The van der Waals surface area contributed by atoms with E-state index in [2.05, 4.69) is 5.32 Å². The lowest BCUT2D eigenvalue weighted by molar-refractivity contribution is 0.0939. The number of carbonyl (C=O) groups is 1. The first-order chi connectivity index (χ1) is 12.3. The Labute approximate surface area is 159 Å². The highest BCUT2D eigenvalue weighted by atomic mass is 35.5. The first-order valence-corrected chi connectivity index (χ1v) is 11.2. The van der Waals surface area contributed by atoms with E-state index in [1.807, 2.05) is 0 Å². The molecule has 0 aromatic heterocycles. The van der Waals surface area contributed by atoms with Crippen molar-refractivity contribution in [2.75, 3.05) is 25.9 Å². The summed E-state index contributed by atoms with van der Waals surface area (Å²) in [5, 5.41) is 3.34. The monoisotopic (exact) mass is 400 g/mol. The number of halogens is 1. The lowest BCUT2D eigenvalue weighted by Gasteiger charge is -2.30. The molecule has 1 aromatic carbocycles. The summed E-state index contributed by atoms with van der Waals surface area (Å²) in [6.45, 7) is 1.61. The van der Waals surface area contributed by atoms with E-state index < -0.39 is 10.0 Å². The van der Waals surface area contributed by atoms with Gasteiger partial charge in [-0.15, -0.1) is 0 Å². The highest BCUT2D eigenvalue weighted by Crippen LogP contribution is 2.29. The lowest BCUT2D eigenvalue weighted by Crippen LogP contribution is -2.41. The van der Waals surface area contributed by atoms with Crippen LogP contribution in [0.2, 0.25) is 5.02 Å². The fourth-order valence-corrected chi connectivity index (χ4v) is 4.33. The number of piperidine rings is 1. The molecule has 1 saturated carbocycles. The highest BCUT2D eigenvalue weighted by Gasteiger charge is 2.26. The van der Waals surface area contributed by atoms with Gasteiger partial charge in [-0.05, 0) is 49.8 Å². The predicted octanol–water partition coefficient (Wildman–Crippen LogP) is 2.67. The number of rotatable bonds is 6. The number of nitrogens with one attached hydrogen (secondary N) is 1. The van der Waals surface area contributed by atoms with Gasteiger partial charge in [0.05, 0.1) is 11.3 Å². The maximum Gasteiger partial charge on any atom is 0.251 e. The van der Waals surface area contributed by atoms with Crippen molar-refractivity contribution in [3.8, 4) is 5.75 Å². The number of sulfonamides is 1. The summed E-state index contributed by atoms with van der Waals surface area (Å²) in [6.07, 6.45) is 6.00. The normalized spacial score (nSPS) is 19.8. The minimum absolute atomic E-state index is 0.0798. The molecule has 0 radical (unpaired) electrons. The first-order valence-electron chi connectivity index (χ1n) is 9.02. The smallest absolute Gasteiger partial charge is 0.251 e. The SMILES string of the molecule is CS(=O)(=O)N1CCC(Oc2ccc(C(=O)NCC3CCC3)cc2Cl)CC1. The Morgan fingerprint density at radius 3 is 2.50 bits per heavy atom. The van der Waals surface area contributed by atoms with Crippen LogP contribution in [0.4, 0.5) is 0 Å². The van der Waals surface area contributed by atoms with Crippen molar-refractivity contribution in [3.05, 3.63) is 28.8 Å². The number of hydrogen-bond acceptors (Lipinski definition) is 4. The van der Waals surface area contributed by atoms with Crippen LogP contribution in [0.5, 0.6) is 5.75 Å². The zero-order valence-corrected chi connectivity index (χ0v) is 16.5. The third-order valence-corrected chi connectivity index (χ3v) is 6.73. The first kappa shape index (κ1) is 19.5. The largest absolute Gasteiger partial charge is 0.489 e. The van der Waals surface area contributed by atoms with Crippen LogP contribution in [0.25, 0.3) is 0 Å². The van der Waals surface area contributed by atoms with Gasteiger partial charge in [0.1, 0.15) is 11.9 Å². The zero-order valence-electron chi connectivity index (χ0n) is 14.9. The van der Waals surface area contributed by atoms with Crippen molar-refractivity contribution in [2.45, 2.75) is 38.2 Å². The Balaban J connectivity index is 1.53. The van der Waals surface area contributed by atoms with Crippen LogP contribution in [0.3, 0.4) is 0 Å². The van der Waals surface area contributed by atoms with E-state index in [0.717, 1.165) is 0 Å². The van der Waals surface area contributed by atoms with E-state index in [-0.39, 0.29) is 12.0 Å². The number of carbonyl (C=O) groups excluding carboxylic acids is 1. The molecule has 0 spiro atoms. The van der Waals surface area contributed by atoms with E-state index in [0.29, 0.717) is 54.7 Å². The van der Waals surface area contributed by atoms with Gasteiger partial charge in [0.15, 0.2) is 0 Å². The molecule has 144 valence electrons. The Morgan fingerprint density at radius 2 is 1.96 bits per heavy atom. The summed E-state index contributed by atoms with van der Waals surface area (Å²) in [6, 6.07) is 5.05.